The minimum atomic E-state index is -0.970. The van der Waals surface area contributed by atoms with Crippen LogP contribution in [0.25, 0.3) is 0 Å². The topological polar surface area (TPSA) is 75.3 Å². The van der Waals surface area contributed by atoms with E-state index < -0.39 is 11.6 Å². The predicted octanol–water partition coefficient (Wildman–Crippen LogP) is 1.05. The average Bonchev–Trinajstić information content (AvgIpc) is 2.42. The molecule has 0 aliphatic rings. The number of aromatic carboxylic acids is 1. The molecule has 0 unspecified atom stereocenters. The molecule has 1 rings (SSSR count). The van der Waals surface area contributed by atoms with Crippen LogP contribution in [0.1, 0.15) is 36.3 Å². The number of hydrogen-bond donors (Lipinski definition) is 2. The summed E-state index contributed by atoms with van der Waals surface area (Å²) in [6.45, 7) is 5.59. The van der Waals surface area contributed by atoms with Gasteiger partial charge in [0.2, 0.25) is 0 Å². The van der Waals surface area contributed by atoms with Gasteiger partial charge in [0, 0.05) is 12.7 Å². The zero-order valence-corrected chi connectivity index (χ0v) is 9.19. The van der Waals surface area contributed by atoms with E-state index in [4.69, 9.17) is 5.11 Å². The smallest absolute Gasteiger partial charge is 0.339 e. The molecule has 0 aliphatic carbocycles. The molecule has 0 radical (unpaired) electrons. The predicted molar refractivity (Wildman–Crippen MR) is 54.8 cm³/mol. The van der Waals surface area contributed by atoms with E-state index >= 15 is 0 Å². The first-order valence-electron chi connectivity index (χ1n) is 4.79. The van der Waals surface area contributed by atoms with Crippen molar-refractivity contribution in [2.24, 2.45) is 0 Å². The van der Waals surface area contributed by atoms with Crippen molar-refractivity contribution in [2.75, 3.05) is 0 Å². The van der Waals surface area contributed by atoms with E-state index in [1.807, 2.05) is 0 Å². The van der Waals surface area contributed by atoms with Crippen LogP contribution in [0.4, 0.5) is 0 Å². The molecule has 84 valence electrons. The average molecular weight is 212 g/mol. The standard InChI is InChI=1S/C10H16N2O3/c1-7-8(9(13)14)6-12(11-7)5-4-10(2,3)15/h6,15H,4-5H2,1-3H3,(H,13,14). The second-order valence-electron chi connectivity index (χ2n) is 4.26. The van der Waals surface area contributed by atoms with Crippen molar-refractivity contribution >= 4 is 5.97 Å². The molecule has 0 bridgehead atoms. The summed E-state index contributed by atoms with van der Waals surface area (Å²) in [4.78, 5) is 10.7. The Morgan fingerprint density at radius 3 is 2.60 bits per heavy atom. The molecule has 1 aromatic heterocycles. The summed E-state index contributed by atoms with van der Waals surface area (Å²) in [6, 6.07) is 0. The molecule has 5 nitrogen and oxygen atoms in total. The van der Waals surface area contributed by atoms with Crippen molar-refractivity contribution in [2.45, 2.75) is 39.3 Å². The van der Waals surface area contributed by atoms with Crippen molar-refractivity contribution in [1.82, 2.24) is 9.78 Å². The number of aromatic nitrogens is 2. The monoisotopic (exact) mass is 212 g/mol. The second-order valence-corrected chi connectivity index (χ2v) is 4.26. The van der Waals surface area contributed by atoms with Gasteiger partial charge in [0.05, 0.1) is 11.3 Å². The largest absolute Gasteiger partial charge is 0.478 e. The first-order valence-corrected chi connectivity index (χ1v) is 4.79. The van der Waals surface area contributed by atoms with Crippen LogP contribution in [0.5, 0.6) is 0 Å². The fourth-order valence-corrected chi connectivity index (χ4v) is 1.23. The fraction of sp³-hybridized carbons (Fsp3) is 0.600. The van der Waals surface area contributed by atoms with Crippen molar-refractivity contribution in [3.8, 4) is 0 Å². The van der Waals surface area contributed by atoms with Crippen LogP contribution in [0.15, 0.2) is 6.20 Å². The molecule has 0 saturated heterocycles. The maximum Gasteiger partial charge on any atom is 0.339 e. The highest BCUT2D eigenvalue weighted by Crippen LogP contribution is 2.11. The van der Waals surface area contributed by atoms with Crippen molar-refractivity contribution in [3.63, 3.8) is 0 Å². The van der Waals surface area contributed by atoms with Gasteiger partial charge in [-0.1, -0.05) is 0 Å². The van der Waals surface area contributed by atoms with E-state index in [1.165, 1.54) is 6.20 Å². The molecular formula is C10H16N2O3. The Hall–Kier alpha value is -1.36. The summed E-state index contributed by atoms with van der Waals surface area (Å²) in [5.74, 6) is -0.970. The summed E-state index contributed by atoms with van der Waals surface area (Å²) in [5.41, 5.74) is -0.0486. The number of nitrogens with zero attached hydrogens (tertiary/aromatic N) is 2. The molecule has 0 amide bonds. The zero-order valence-electron chi connectivity index (χ0n) is 9.19. The van der Waals surface area contributed by atoms with Gasteiger partial charge in [-0.3, -0.25) is 4.68 Å². The van der Waals surface area contributed by atoms with Crippen LogP contribution >= 0.6 is 0 Å². The van der Waals surface area contributed by atoms with Crippen molar-refractivity contribution in [3.05, 3.63) is 17.5 Å². The Labute approximate surface area is 88.3 Å². The first-order chi connectivity index (χ1) is 6.79. The van der Waals surface area contributed by atoms with Crippen molar-refractivity contribution < 1.29 is 15.0 Å². The van der Waals surface area contributed by atoms with Gasteiger partial charge < -0.3 is 10.2 Å². The lowest BCUT2D eigenvalue weighted by Crippen LogP contribution is -2.21. The normalized spacial score (nSPS) is 11.7. The highest BCUT2D eigenvalue weighted by atomic mass is 16.4. The Bertz CT molecular complexity index is 363. The molecule has 0 fully saturated rings. The Morgan fingerprint density at radius 1 is 1.60 bits per heavy atom. The number of aryl methyl sites for hydroxylation is 2. The summed E-state index contributed by atoms with van der Waals surface area (Å²) in [5, 5.41) is 22.4. The van der Waals surface area contributed by atoms with Crippen LogP contribution in [0, 0.1) is 6.92 Å². The lowest BCUT2D eigenvalue weighted by Gasteiger charge is -2.16. The molecule has 2 N–H and O–H groups in total. The third-order valence-corrected chi connectivity index (χ3v) is 2.13. The molecule has 0 spiro atoms. The van der Waals surface area contributed by atoms with Gasteiger partial charge in [0.25, 0.3) is 0 Å². The maximum atomic E-state index is 10.7. The molecule has 5 heteroatoms. The van der Waals surface area contributed by atoms with Crippen LogP contribution in [-0.2, 0) is 6.54 Å². The Morgan fingerprint density at radius 2 is 2.20 bits per heavy atom. The number of rotatable bonds is 4. The lowest BCUT2D eigenvalue weighted by atomic mass is 10.1. The fourth-order valence-electron chi connectivity index (χ4n) is 1.23. The molecule has 0 aliphatic heterocycles. The van der Waals surface area contributed by atoms with Gasteiger partial charge in [-0.15, -0.1) is 0 Å². The third kappa shape index (κ3) is 3.36. The lowest BCUT2D eigenvalue weighted by molar-refractivity contribution is 0.0651. The highest BCUT2D eigenvalue weighted by molar-refractivity contribution is 5.88. The minimum absolute atomic E-state index is 0.214. The zero-order chi connectivity index (χ0) is 11.6. The Balaban J connectivity index is 2.72. The Kier molecular flexibility index (Phi) is 3.14. The van der Waals surface area contributed by atoms with Gasteiger partial charge in [0.1, 0.15) is 5.56 Å². The molecular weight excluding hydrogens is 196 g/mol. The molecule has 0 atom stereocenters. The molecule has 15 heavy (non-hydrogen) atoms. The number of hydrogen-bond acceptors (Lipinski definition) is 3. The van der Waals surface area contributed by atoms with Crippen LogP contribution in [-0.4, -0.2) is 31.6 Å². The summed E-state index contributed by atoms with van der Waals surface area (Å²) in [7, 11) is 0. The van der Waals surface area contributed by atoms with Crippen molar-refractivity contribution in [1.29, 1.82) is 0 Å². The van der Waals surface area contributed by atoms with Crippen LogP contribution < -0.4 is 0 Å². The highest BCUT2D eigenvalue weighted by Gasteiger charge is 2.15. The number of aliphatic hydroxyl groups is 1. The third-order valence-electron chi connectivity index (χ3n) is 2.13. The van der Waals surface area contributed by atoms with Crippen LogP contribution in [0.3, 0.4) is 0 Å². The molecule has 0 saturated carbocycles. The van der Waals surface area contributed by atoms with Gasteiger partial charge in [-0.2, -0.15) is 5.10 Å². The molecule has 1 heterocycles. The van der Waals surface area contributed by atoms with Gasteiger partial charge in [0.15, 0.2) is 0 Å². The number of carboxylic acids is 1. The van der Waals surface area contributed by atoms with Gasteiger partial charge in [-0.05, 0) is 27.2 Å². The number of carboxylic acid groups (broad SMARTS) is 1. The number of carbonyl (C=O) groups is 1. The van der Waals surface area contributed by atoms with E-state index in [-0.39, 0.29) is 5.56 Å². The van der Waals surface area contributed by atoms with E-state index in [0.29, 0.717) is 18.7 Å². The summed E-state index contributed by atoms with van der Waals surface area (Å²) in [6.07, 6.45) is 2.02. The van der Waals surface area contributed by atoms with Gasteiger partial charge in [-0.25, -0.2) is 4.79 Å². The van der Waals surface area contributed by atoms with Gasteiger partial charge >= 0.3 is 5.97 Å². The van der Waals surface area contributed by atoms with E-state index in [9.17, 15) is 9.90 Å². The quantitative estimate of drug-likeness (QED) is 0.782. The molecule has 0 aromatic carbocycles. The second kappa shape index (κ2) is 4.02. The maximum absolute atomic E-state index is 10.7. The van der Waals surface area contributed by atoms with E-state index in [0.717, 1.165) is 0 Å². The van der Waals surface area contributed by atoms with E-state index in [2.05, 4.69) is 5.10 Å². The first kappa shape index (κ1) is 11.7. The summed E-state index contributed by atoms with van der Waals surface area (Å²) < 4.78 is 1.55. The summed E-state index contributed by atoms with van der Waals surface area (Å²) >= 11 is 0. The molecule has 1 aromatic rings. The van der Waals surface area contributed by atoms with Crippen LogP contribution in [0.2, 0.25) is 0 Å². The van der Waals surface area contributed by atoms with E-state index in [1.54, 1.807) is 25.5 Å². The SMILES string of the molecule is Cc1nn(CCC(C)(C)O)cc1C(=O)O. The minimum Gasteiger partial charge on any atom is -0.478 e.